The number of pyridine rings is 1. The number of aromatic nitrogens is 1. The molecule has 0 amide bonds. The normalized spacial score (nSPS) is 12.3. The first-order valence-corrected chi connectivity index (χ1v) is 6.81. The van der Waals surface area contributed by atoms with Crippen molar-refractivity contribution in [2.45, 2.75) is 33.7 Å². The zero-order chi connectivity index (χ0) is 14.0. The molecule has 0 fully saturated rings. The van der Waals surface area contributed by atoms with E-state index in [1.54, 1.807) is 6.20 Å². The van der Waals surface area contributed by atoms with Crippen molar-refractivity contribution < 1.29 is 0 Å². The molecule has 0 saturated heterocycles. The average Bonchev–Trinajstić information content (AvgIpc) is 2.37. The van der Waals surface area contributed by atoms with Gasteiger partial charge in [-0.1, -0.05) is 35.4 Å². The molecule has 1 unspecified atom stereocenters. The molecule has 3 heteroatoms. The zero-order valence-electron chi connectivity index (χ0n) is 11.8. The van der Waals surface area contributed by atoms with Gasteiger partial charge in [0, 0.05) is 12.2 Å². The molecule has 0 spiro atoms. The predicted octanol–water partition coefficient (Wildman–Crippen LogP) is 4.83. The second kappa shape index (κ2) is 5.62. The van der Waals surface area contributed by atoms with E-state index in [4.69, 9.17) is 11.6 Å². The van der Waals surface area contributed by atoms with Crippen LogP contribution in [0.25, 0.3) is 0 Å². The summed E-state index contributed by atoms with van der Waals surface area (Å²) in [6.07, 6.45) is 1.73. The molecule has 2 rings (SSSR count). The third-order valence-electron chi connectivity index (χ3n) is 3.38. The number of nitrogens with zero attached hydrogens (tertiary/aromatic N) is 1. The minimum absolute atomic E-state index is 0.195. The van der Waals surface area contributed by atoms with Crippen LogP contribution in [0.15, 0.2) is 30.5 Å². The number of hydrogen-bond donors (Lipinski definition) is 1. The number of anilines is 1. The molecule has 0 aliphatic rings. The summed E-state index contributed by atoms with van der Waals surface area (Å²) in [5.41, 5.74) is 5.86. The minimum Gasteiger partial charge on any atom is -0.376 e. The van der Waals surface area contributed by atoms with Crippen molar-refractivity contribution in [3.05, 3.63) is 57.9 Å². The number of benzene rings is 1. The number of nitrogens with one attached hydrogen (secondary N) is 1. The highest BCUT2D eigenvalue weighted by Gasteiger charge is 2.12. The smallest absolute Gasteiger partial charge is 0.152 e. The second-order valence-electron chi connectivity index (χ2n) is 5.02. The Balaban J connectivity index is 2.31. The summed E-state index contributed by atoms with van der Waals surface area (Å²) in [6, 6.07) is 8.66. The van der Waals surface area contributed by atoms with E-state index in [1.165, 1.54) is 16.7 Å². The van der Waals surface area contributed by atoms with Gasteiger partial charge in [0.2, 0.25) is 0 Å². The third-order valence-corrected chi connectivity index (χ3v) is 3.66. The number of hydrogen-bond acceptors (Lipinski definition) is 2. The van der Waals surface area contributed by atoms with E-state index in [0.717, 1.165) is 11.3 Å². The van der Waals surface area contributed by atoms with Crippen LogP contribution in [-0.2, 0) is 0 Å². The lowest BCUT2D eigenvalue weighted by molar-refractivity contribution is 0.868. The molecule has 0 saturated carbocycles. The van der Waals surface area contributed by atoms with Crippen LogP contribution >= 0.6 is 11.6 Å². The van der Waals surface area contributed by atoms with Crippen molar-refractivity contribution in [3.63, 3.8) is 0 Å². The lowest BCUT2D eigenvalue weighted by atomic mass is 9.99. The van der Waals surface area contributed by atoms with E-state index < -0.39 is 0 Å². The van der Waals surface area contributed by atoms with Crippen LogP contribution in [0, 0.1) is 20.8 Å². The molecule has 1 heterocycles. The first-order chi connectivity index (χ1) is 8.99. The Morgan fingerprint density at radius 3 is 2.53 bits per heavy atom. The van der Waals surface area contributed by atoms with Gasteiger partial charge >= 0.3 is 0 Å². The molecule has 0 bridgehead atoms. The van der Waals surface area contributed by atoms with Crippen LogP contribution < -0.4 is 5.32 Å². The molecule has 2 nitrogen and oxygen atoms in total. The molecule has 0 radical (unpaired) electrons. The fourth-order valence-electron chi connectivity index (χ4n) is 2.22. The lowest BCUT2D eigenvalue weighted by Gasteiger charge is -2.20. The van der Waals surface area contributed by atoms with Crippen molar-refractivity contribution in [1.29, 1.82) is 0 Å². The monoisotopic (exact) mass is 274 g/mol. The SMILES string of the molecule is Cc1ccc(C)c(C(C)Nc2c(C)ccnc2Cl)c1. The van der Waals surface area contributed by atoms with Crippen LogP contribution in [0.4, 0.5) is 5.69 Å². The van der Waals surface area contributed by atoms with Crippen molar-refractivity contribution in [2.75, 3.05) is 5.32 Å². The summed E-state index contributed by atoms with van der Waals surface area (Å²) in [5, 5.41) is 3.99. The quantitative estimate of drug-likeness (QED) is 0.811. The molecule has 100 valence electrons. The standard InChI is InChI=1S/C16H19ClN2/c1-10-5-6-11(2)14(9-10)13(4)19-15-12(3)7-8-18-16(15)17/h5-9,13,19H,1-4H3. The van der Waals surface area contributed by atoms with Gasteiger partial charge in [0.15, 0.2) is 5.15 Å². The minimum atomic E-state index is 0.195. The molecule has 0 aliphatic heterocycles. The van der Waals surface area contributed by atoms with Crippen LogP contribution in [0.5, 0.6) is 0 Å². The molecule has 1 atom stereocenters. The molecule has 0 aliphatic carbocycles. The van der Waals surface area contributed by atoms with Crippen LogP contribution in [0.1, 0.15) is 35.2 Å². The van der Waals surface area contributed by atoms with Crippen LogP contribution in [-0.4, -0.2) is 4.98 Å². The molecule has 1 N–H and O–H groups in total. The number of aryl methyl sites for hydroxylation is 3. The fraction of sp³-hybridized carbons (Fsp3) is 0.312. The largest absolute Gasteiger partial charge is 0.376 e. The van der Waals surface area contributed by atoms with Crippen molar-refractivity contribution in [3.8, 4) is 0 Å². The van der Waals surface area contributed by atoms with Gasteiger partial charge in [-0.25, -0.2) is 4.98 Å². The first kappa shape index (κ1) is 13.9. The first-order valence-electron chi connectivity index (χ1n) is 6.44. The second-order valence-corrected chi connectivity index (χ2v) is 5.38. The summed E-state index contributed by atoms with van der Waals surface area (Å²) in [7, 11) is 0. The highest BCUT2D eigenvalue weighted by atomic mass is 35.5. The number of rotatable bonds is 3. The van der Waals surface area contributed by atoms with Gasteiger partial charge in [-0.3, -0.25) is 0 Å². The molecular formula is C16H19ClN2. The Morgan fingerprint density at radius 2 is 1.84 bits per heavy atom. The zero-order valence-corrected chi connectivity index (χ0v) is 12.5. The Bertz CT molecular complexity index is 573. The third kappa shape index (κ3) is 3.07. The summed E-state index contributed by atoms with van der Waals surface area (Å²) in [4.78, 5) is 4.13. The van der Waals surface area contributed by atoms with Gasteiger partial charge in [0.1, 0.15) is 0 Å². The highest BCUT2D eigenvalue weighted by molar-refractivity contribution is 6.32. The molecular weight excluding hydrogens is 256 g/mol. The van der Waals surface area contributed by atoms with E-state index in [2.05, 4.69) is 49.3 Å². The Morgan fingerprint density at radius 1 is 1.11 bits per heavy atom. The average molecular weight is 275 g/mol. The van der Waals surface area contributed by atoms with E-state index >= 15 is 0 Å². The molecule has 1 aromatic carbocycles. The van der Waals surface area contributed by atoms with Gasteiger partial charge in [-0.15, -0.1) is 0 Å². The van der Waals surface area contributed by atoms with E-state index in [0.29, 0.717) is 5.15 Å². The van der Waals surface area contributed by atoms with E-state index in [-0.39, 0.29) is 6.04 Å². The van der Waals surface area contributed by atoms with E-state index in [1.807, 2.05) is 13.0 Å². The molecule has 1 aromatic heterocycles. The van der Waals surface area contributed by atoms with Crippen LogP contribution in [0.2, 0.25) is 5.15 Å². The van der Waals surface area contributed by atoms with Gasteiger partial charge in [-0.2, -0.15) is 0 Å². The fourth-order valence-corrected chi connectivity index (χ4v) is 2.48. The van der Waals surface area contributed by atoms with Crippen molar-refractivity contribution in [1.82, 2.24) is 4.98 Å². The Kier molecular flexibility index (Phi) is 4.11. The topological polar surface area (TPSA) is 24.9 Å². The predicted molar refractivity (Wildman–Crippen MR) is 81.9 cm³/mol. The lowest BCUT2D eigenvalue weighted by Crippen LogP contribution is -2.10. The van der Waals surface area contributed by atoms with Gasteiger partial charge in [0.25, 0.3) is 0 Å². The van der Waals surface area contributed by atoms with Crippen molar-refractivity contribution in [2.24, 2.45) is 0 Å². The molecule has 2 aromatic rings. The maximum Gasteiger partial charge on any atom is 0.152 e. The Hall–Kier alpha value is -1.54. The van der Waals surface area contributed by atoms with E-state index in [9.17, 15) is 0 Å². The van der Waals surface area contributed by atoms with Gasteiger partial charge in [-0.05, 0) is 50.5 Å². The summed E-state index contributed by atoms with van der Waals surface area (Å²) >= 11 is 6.16. The number of halogens is 1. The van der Waals surface area contributed by atoms with Crippen molar-refractivity contribution >= 4 is 17.3 Å². The Labute approximate surface area is 119 Å². The van der Waals surface area contributed by atoms with Gasteiger partial charge < -0.3 is 5.32 Å². The molecule has 19 heavy (non-hydrogen) atoms. The summed E-state index contributed by atoms with van der Waals surface area (Å²) in [6.45, 7) is 8.42. The maximum absolute atomic E-state index is 6.16. The summed E-state index contributed by atoms with van der Waals surface area (Å²) in [5.74, 6) is 0. The maximum atomic E-state index is 6.16. The highest BCUT2D eigenvalue weighted by Crippen LogP contribution is 2.29. The summed E-state index contributed by atoms with van der Waals surface area (Å²) < 4.78 is 0. The van der Waals surface area contributed by atoms with Gasteiger partial charge in [0.05, 0.1) is 5.69 Å². The van der Waals surface area contributed by atoms with Crippen LogP contribution in [0.3, 0.4) is 0 Å².